The van der Waals surface area contributed by atoms with Gasteiger partial charge in [-0.25, -0.2) is 4.98 Å². The van der Waals surface area contributed by atoms with Crippen molar-refractivity contribution in [2.75, 3.05) is 0 Å². The Kier molecular flexibility index (Phi) is 2.37. The van der Waals surface area contributed by atoms with Gasteiger partial charge in [-0.05, 0) is 33.6 Å². The van der Waals surface area contributed by atoms with E-state index in [0.29, 0.717) is 12.3 Å². The lowest BCUT2D eigenvalue weighted by Gasteiger charge is -1.96. The molecule has 3 nitrogen and oxygen atoms in total. The van der Waals surface area contributed by atoms with Gasteiger partial charge in [0.2, 0.25) is 0 Å². The van der Waals surface area contributed by atoms with Crippen molar-refractivity contribution in [2.24, 2.45) is 0 Å². The van der Waals surface area contributed by atoms with Gasteiger partial charge in [-0.1, -0.05) is 0 Å². The summed E-state index contributed by atoms with van der Waals surface area (Å²) in [6.45, 7) is 1.80. The summed E-state index contributed by atoms with van der Waals surface area (Å²) in [6, 6.07) is 3.74. The molecule has 0 spiro atoms. The van der Waals surface area contributed by atoms with Gasteiger partial charge in [-0.3, -0.25) is 0 Å². The zero-order valence-corrected chi connectivity index (χ0v) is 9.17. The van der Waals surface area contributed by atoms with Crippen molar-refractivity contribution in [2.45, 2.75) is 13.3 Å². The van der Waals surface area contributed by atoms with Crippen LogP contribution in [0.4, 0.5) is 0 Å². The summed E-state index contributed by atoms with van der Waals surface area (Å²) in [5.74, 6) is 0.629. The van der Waals surface area contributed by atoms with Crippen LogP contribution >= 0.6 is 15.9 Å². The standard InChI is InChI=1S/C10H8BrNO2/c1-6-12-9-5-7(2-3-13)4-8(11)10(9)14-6/h3-5H,2H2,1H3. The van der Waals surface area contributed by atoms with Gasteiger partial charge in [0, 0.05) is 13.3 Å². The number of nitrogens with zero attached hydrogens (tertiary/aromatic N) is 1. The van der Waals surface area contributed by atoms with Crippen LogP contribution in [0, 0.1) is 6.92 Å². The van der Waals surface area contributed by atoms with Crippen molar-refractivity contribution >= 4 is 33.3 Å². The van der Waals surface area contributed by atoms with E-state index >= 15 is 0 Å². The van der Waals surface area contributed by atoms with Crippen LogP contribution in [0.2, 0.25) is 0 Å². The number of aromatic nitrogens is 1. The van der Waals surface area contributed by atoms with Crippen LogP contribution in [0.5, 0.6) is 0 Å². The normalized spacial score (nSPS) is 10.7. The molecule has 0 aliphatic carbocycles. The highest BCUT2D eigenvalue weighted by molar-refractivity contribution is 9.10. The topological polar surface area (TPSA) is 43.1 Å². The molecule has 0 atom stereocenters. The number of oxazole rings is 1. The highest BCUT2D eigenvalue weighted by Crippen LogP contribution is 2.26. The number of carbonyl (C=O) groups excluding carboxylic acids is 1. The second-order valence-electron chi connectivity index (χ2n) is 3.03. The van der Waals surface area contributed by atoms with E-state index in [9.17, 15) is 4.79 Å². The van der Waals surface area contributed by atoms with Crippen molar-refractivity contribution in [3.05, 3.63) is 28.1 Å². The number of fused-ring (bicyclic) bond motifs is 1. The smallest absolute Gasteiger partial charge is 0.192 e. The molecule has 0 N–H and O–H groups in total. The molecule has 0 unspecified atom stereocenters. The molecule has 72 valence electrons. The molecule has 2 aromatic rings. The lowest BCUT2D eigenvalue weighted by molar-refractivity contribution is -0.107. The minimum atomic E-state index is 0.403. The summed E-state index contributed by atoms with van der Waals surface area (Å²) in [6.07, 6.45) is 1.28. The van der Waals surface area contributed by atoms with E-state index in [-0.39, 0.29) is 0 Å². The van der Waals surface area contributed by atoms with Gasteiger partial charge in [0.1, 0.15) is 11.8 Å². The molecular formula is C10H8BrNO2. The molecular weight excluding hydrogens is 246 g/mol. The lowest BCUT2D eigenvalue weighted by atomic mass is 10.1. The van der Waals surface area contributed by atoms with Crippen LogP contribution in [-0.2, 0) is 11.2 Å². The molecule has 14 heavy (non-hydrogen) atoms. The number of hydrogen-bond acceptors (Lipinski definition) is 3. The summed E-state index contributed by atoms with van der Waals surface area (Å²) in [5, 5.41) is 0. The number of carbonyl (C=O) groups is 1. The molecule has 0 aliphatic heterocycles. The van der Waals surface area contributed by atoms with Gasteiger partial charge in [-0.15, -0.1) is 0 Å². The maximum absolute atomic E-state index is 10.4. The van der Waals surface area contributed by atoms with E-state index in [1.54, 1.807) is 6.92 Å². The first-order chi connectivity index (χ1) is 6.70. The van der Waals surface area contributed by atoms with E-state index in [1.807, 2.05) is 12.1 Å². The first kappa shape index (κ1) is 9.40. The van der Waals surface area contributed by atoms with Gasteiger partial charge in [0.15, 0.2) is 11.5 Å². The molecule has 4 heteroatoms. The Morgan fingerprint density at radius 2 is 2.36 bits per heavy atom. The fourth-order valence-corrected chi connectivity index (χ4v) is 1.95. The van der Waals surface area contributed by atoms with Crippen LogP contribution in [0.1, 0.15) is 11.5 Å². The third-order valence-electron chi connectivity index (χ3n) is 1.93. The lowest BCUT2D eigenvalue weighted by Crippen LogP contribution is -1.85. The summed E-state index contributed by atoms with van der Waals surface area (Å²) in [7, 11) is 0. The van der Waals surface area contributed by atoms with Crippen LogP contribution in [0.25, 0.3) is 11.1 Å². The van der Waals surface area contributed by atoms with Gasteiger partial charge in [0.25, 0.3) is 0 Å². The van der Waals surface area contributed by atoms with Crippen LogP contribution in [0.15, 0.2) is 21.0 Å². The third-order valence-corrected chi connectivity index (χ3v) is 2.52. The third kappa shape index (κ3) is 1.57. The Morgan fingerprint density at radius 3 is 3.07 bits per heavy atom. The Labute approximate surface area is 89.3 Å². The highest BCUT2D eigenvalue weighted by atomic mass is 79.9. The average Bonchev–Trinajstić information content (AvgIpc) is 2.47. The van der Waals surface area contributed by atoms with Crippen molar-refractivity contribution in [3.8, 4) is 0 Å². The molecule has 0 aliphatic rings. The average molecular weight is 254 g/mol. The summed E-state index contributed by atoms with van der Waals surface area (Å²) < 4.78 is 6.23. The van der Waals surface area contributed by atoms with Gasteiger partial charge >= 0.3 is 0 Å². The maximum Gasteiger partial charge on any atom is 0.192 e. The van der Waals surface area contributed by atoms with Gasteiger partial charge < -0.3 is 9.21 Å². The van der Waals surface area contributed by atoms with Crippen LogP contribution < -0.4 is 0 Å². The number of halogens is 1. The van der Waals surface area contributed by atoms with Crippen molar-refractivity contribution in [1.29, 1.82) is 0 Å². The van der Waals surface area contributed by atoms with Crippen molar-refractivity contribution in [3.63, 3.8) is 0 Å². The molecule has 0 bridgehead atoms. The zero-order valence-electron chi connectivity index (χ0n) is 7.58. The minimum Gasteiger partial charge on any atom is -0.440 e. The monoisotopic (exact) mass is 253 g/mol. The molecule has 0 saturated carbocycles. The quantitative estimate of drug-likeness (QED) is 0.773. The first-order valence-corrected chi connectivity index (χ1v) is 4.99. The van der Waals surface area contributed by atoms with Crippen molar-refractivity contribution < 1.29 is 9.21 Å². The maximum atomic E-state index is 10.4. The summed E-state index contributed by atoms with van der Waals surface area (Å²) >= 11 is 3.38. The summed E-state index contributed by atoms with van der Waals surface area (Å²) in [4.78, 5) is 14.6. The molecule has 0 radical (unpaired) electrons. The molecule has 1 aromatic heterocycles. The number of hydrogen-bond donors (Lipinski definition) is 0. The first-order valence-electron chi connectivity index (χ1n) is 4.20. The zero-order chi connectivity index (χ0) is 10.1. The van der Waals surface area contributed by atoms with Crippen molar-refractivity contribution in [1.82, 2.24) is 4.98 Å². The highest BCUT2D eigenvalue weighted by Gasteiger charge is 2.07. The predicted octanol–water partition coefficient (Wildman–Crippen LogP) is 2.64. The fourth-order valence-electron chi connectivity index (χ4n) is 1.37. The largest absolute Gasteiger partial charge is 0.440 e. The summed E-state index contributed by atoms with van der Waals surface area (Å²) in [5.41, 5.74) is 2.46. The SMILES string of the molecule is Cc1nc2cc(CC=O)cc(Br)c2o1. The molecule has 1 aromatic carbocycles. The number of aldehydes is 1. The number of rotatable bonds is 2. The molecule has 0 fully saturated rings. The fraction of sp³-hybridized carbons (Fsp3) is 0.200. The van der Waals surface area contributed by atoms with E-state index in [0.717, 1.165) is 27.4 Å². The van der Waals surface area contributed by atoms with E-state index < -0.39 is 0 Å². The predicted molar refractivity (Wildman–Crippen MR) is 56.2 cm³/mol. The minimum absolute atomic E-state index is 0.403. The number of benzene rings is 1. The Bertz CT molecular complexity index is 490. The van der Waals surface area contributed by atoms with E-state index in [4.69, 9.17) is 4.42 Å². The molecule has 2 rings (SSSR count). The number of aryl methyl sites for hydroxylation is 1. The van der Waals surface area contributed by atoms with E-state index in [1.165, 1.54) is 0 Å². The van der Waals surface area contributed by atoms with Crippen LogP contribution in [-0.4, -0.2) is 11.3 Å². The molecule has 0 saturated heterocycles. The van der Waals surface area contributed by atoms with Gasteiger partial charge in [-0.2, -0.15) is 0 Å². The molecule has 0 amide bonds. The Balaban J connectivity index is 2.64. The van der Waals surface area contributed by atoms with E-state index in [2.05, 4.69) is 20.9 Å². The Hall–Kier alpha value is -1.16. The second-order valence-corrected chi connectivity index (χ2v) is 3.88. The Morgan fingerprint density at radius 1 is 1.57 bits per heavy atom. The second kappa shape index (κ2) is 3.53. The van der Waals surface area contributed by atoms with Gasteiger partial charge in [0.05, 0.1) is 4.47 Å². The van der Waals surface area contributed by atoms with Crippen LogP contribution in [0.3, 0.4) is 0 Å². The molecule has 1 heterocycles.